The molecule has 3 nitrogen and oxygen atoms in total. The van der Waals surface area contributed by atoms with E-state index in [-0.39, 0.29) is 0 Å². The summed E-state index contributed by atoms with van der Waals surface area (Å²) in [7, 11) is 0. The van der Waals surface area contributed by atoms with E-state index in [1.54, 1.807) is 29.7 Å². The first kappa shape index (κ1) is 16.0. The van der Waals surface area contributed by atoms with Crippen molar-refractivity contribution in [3.05, 3.63) is 54.9 Å². The van der Waals surface area contributed by atoms with Crippen molar-refractivity contribution < 1.29 is 0 Å². The zero-order valence-electron chi connectivity index (χ0n) is 13.1. The molecular formula is C18H17N3S2. The third kappa shape index (κ3) is 3.92. The van der Waals surface area contributed by atoms with Gasteiger partial charge in [0.25, 0.3) is 0 Å². The Morgan fingerprint density at radius 3 is 2.26 bits per heavy atom. The minimum Gasteiger partial charge on any atom is -0.255 e. The Morgan fingerprint density at radius 1 is 0.826 bits per heavy atom. The van der Waals surface area contributed by atoms with Crippen molar-refractivity contribution in [1.29, 1.82) is 0 Å². The zero-order chi connectivity index (χ0) is 16.1. The fourth-order valence-electron chi connectivity index (χ4n) is 2.21. The van der Waals surface area contributed by atoms with E-state index in [0.717, 1.165) is 28.5 Å². The summed E-state index contributed by atoms with van der Waals surface area (Å²) in [6, 6.07) is 14.2. The molecule has 0 saturated heterocycles. The number of hydrogen-bond donors (Lipinski definition) is 0. The van der Waals surface area contributed by atoms with Gasteiger partial charge in [0.15, 0.2) is 0 Å². The molecule has 0 aliphatic heterocycles. The van der Waals surface area contributed by atoms with Crippen LogP contribution in [0.15, 0.2) is 64.6 Å². The van der Waals surface area contributed by atoms with Gasteiger partial charge in [-0.3, -0.25) is 9.97 Å². The van der Waals surface area contributed by atoms with E-state index in [0.29, 0.717) is 0 Å². The Balaban J connectivity index is 2.10. The molecule has 0 atom stereocenters. The number of nitrogens with zero attached hydrogens (tertiary/aromatic N) is 3. The maximum Gasteiger partial charge on any atom is 0.0905 e. The van der Waals surface area contributed by atoms with Gasteiger partial charge < -0.3 is 0 Å². The first-order valence-corrected chi connectivity index (χ1v) is 9.58. The summed E-state index contributed by atoms with van der Waals surface area (Å²) in [4.78, 5) is 16.1. The maximum atomic E-state index is 4.78. The molecule has 0 saturated carbocycles. The smallest absolute Gasteiger partial charge is 0.0905 e. The van der Waals surface area contributed by atoms with Crippen LogP contribution in [-0.2, 0) is 0 Å². The van der Waals surface area contributed by atoms with Gasteiger partial charge in [-0.05, 0) is 48.4 Å². The fraction of sp³-hybridized carbons (Fsp3) is 0.167. The summed E-state index contributed by atoms with van der Waals surface area (Å²) in [6.07, 6.45) is 5.70. The normalized spacial score (nSPS) is 10.7. The second kappa shape index (κ2) is 7.62. The van der Waals surface area contributed by atoms with Gasteiger partial charge in [0.05, 0.1) is 22.8 Å². The average molecular weight is 339 g/mol. The van der Waals surface area contributed by atoms with Crippen molar-refractivity contribution in [2.45, 2.75) is 16.7 Å². The van der Waals surface area contributed by atoms with Crippen molar-refractivity contribution in [3.63, 3.8) is 0 Å². The SMILES string of the molecule is CCSc1cc(-c2ccccn2)nc(-c2cc(SC)ccn2)c1. The molecular weight excluding hydrogens is 322 g/mol. The van der Waals surface area contributed by atoms with Crippen LogP contribution in [0.5, 0.6) is 0 Å². The molecule has 3 aromatic heterocycles. The second-order valence-electron chi connectivity index (χ2n) is 4.80. The molecule has 0 aliphatic rings. The van der Waals surface area contributed by atoms with Crippen LogP contribution in [0.1, 0.15) is 6.92 Å². The van der Waals surface area contributed by atoms with Crippen molar-refractivity contribution >= 4 is 23.5 Å². The molecule has 0 amide bonds. The Bertz CT molecular complexity index is 791. The molecule has 0 fully saturated rings. The molecule has 5 heteroatoms. The molecule has 0 aromatic carbocycles. The topological polar surface area (TPSA) is 38.7 Å². The number of aromatic nitrogens is 3. The van der Waals surface area contributed by atoms with E-state index in [9.17, 15) is 0 Å². The van der Waals surface area contributed by atoms with Crippen molar-refractivity contribution in [2.24, 2.45) is 0 Å². The van der Waals surface area contributed by atoms with E-state index < -0.39 is 0 Å². The second-order valence-corrected chi connectivity index (χ2v) is 7.02. The van der Waals surface area contributed by atoms with Crippen LogP contribution >= 0.6 is 23.5 Å². The van der Waals surface area contributed by atoms with E-state index in [4.69, 9.17) is 4.98 Å². The largest absolute Gasteiger partial charge is 0.255 e. The highest BCUT2D eigenvalue weighted by molar-refractivity contribution is 7.99. The van der Waals surface area contributed by atoms with E-state index >= 15 is 0 Å². The van der Waals surface area contributed by atoms with Crippen LogP contribution in [0.25, 0.3) is 22.8 Å². The predicted molar refractivity (Wildman–Crippen MR) is 98.9 cm³/mol. The van der Waals surface area contributed by atoms with Gasteiger partial charge in [-0.15, -0.1) is 23.5 Å². The maximum absolute atomic E-state index is 4.78. The van der Waals surface area contributed by atoms with Crippen molar-refractivity contribution in [1.82, 2.24) is 15.0 Å². The van der Waals surface area contributed by atoms with Gasteiger partial charge in [0.1, 0.15) is 0 Å². The van der Waals surface area contributed by atoms with Gasteiger partial charge in [0, 0.05) is 22.2 Å². The lowest BCUT2D eigenvalue weighted by Gasteiger charge is -2.08. The monoisotopic (exact) mass is 339 g/mol. The van der Waals surface area contributed by atoms with Crippen LogP contribution in [0, 0.1) is 0 Å². The summed E-state index contributed by atoms with van der Waals surface area (Å²) >= 11 is 3.51. The third-order valence-electron chi connectivity index (χ3n) is 3.27. The van der Waals surface area contributed by atoms with Gasteiger partial charge in [-0.2, -0.15) is 0 Å². The lowest BCUT2D eigenvalue weighted by molar-refractivity contribution is 1.18. The molecule has 0 N–H and O–H groups in total. The molecule has 116 valence electrons. The van der Waals surface area contributed by atoms with Crippen LogP contribution in [0.2, 0.25) is 0 Å². The van der Waals surface area contributed by atoms with Crippen LogP contribution in [-0.4, -0.2) is 27.0 Å². The van der Waals surface area contributed by atoms with Crippen molar-refractivity contribution in [3.8, 4) is 22.8 Å². The molecule has 3 rings (SSSR count). The van der Waals surface area contributed by atoms with Gasteiger partial charge >= 0.3 is 0 Å². The zero-order valence-corrected chi connectivity index (χ0v) is 14.7. The first-order valence-electron chi connectivity index (χ1n) is 7.37. The lowest BCUT2D eigenvalue weighted by Crippen LogP contribution is -1.93. The van der Waals surface area contributed by atoms with Crippen LogP contribution < -0.4 is 0 Å². The highest BCUT2D eigenvalue weighted by Gasteiger charge is 2.09. The first-order chi connectivity index (χ1) is 11.3. The Labute approximate surface area is 145 Å². The number of thioether (sulfide) groups is 2. The highest BCUT2D eigenvalue weighted by atomic mass is 32.2. The van der Waals surface area contributed by atoms with E-state index in [1.807, 2.05) is 30.5 Å². The minimum absolute atomic E-state index is 0.883. The van der Waals surface area contributed by atoms with Crippen molar-refractivity contribution in [2.75, 3.05) is 12.0 Å². The van der Waals surface area contributed by atoms with Gasteiger partial charge in [-0.25, -0.2) is 4.98 Å². The third-order valence-corrected chi connectivity index (χ3v) is 4.85. The summed E-state index contributed by atoms with van der Waals surface area (Å²) in [5, 5.41) is 0. The van der Waals surface area contributed by atoms with Crippen LogP contribution in [0.4, 0.5) is 0 Å². The lowest BCUT2D eigenvalue weighted by atomic mass is 10.2. The molecule has 23 heavy (non-hydrogen) atoms. The van der Waals surface area contributed by atoms with Crippen LogP contribution in [0.3, 0.4) is 0 Å². The number of rotatable bonds is 5. The summed E-state index contributed by atoms with van der Waals surface area (Å²) in [6.45, 7) is 2.15. The Hall–Kier alpha value is -1.85. The summed E-state index contributed by atoms with van der Waals surface area (Å²) in [5.74, 6) is 1.02. The predicted octanol–water partition coefficient (Wildman–Crippen LogP) is 5.04. The van der Waals surface area contributed by atoms with E-state index in [1.165, 1.54) is 9.79 Å². The minimum atomic E-state index is 0.883. The highest BCUT2D eigenvalue weighted by Crippen LogP contribution is 2.29. The molecule has 0 radical (unpaired) electrons. The van der Waals surface area contributed by atoms with Gasteiger partial charge in [0.2, 0.25) is 0 Å². The quantitative estimate of drug-likeness (QED) is 0.609. The summed E-state index contributed by atoms with van der Waals surface area (Å²) in [5.41, 5.74) is 3.55. The van der Waals surface area contributed by atoms with E-state index in [2.05, 4.69) is 41.3 Å². The Morgan fingerprint density at radius 2 is 1.57 bits per heavy atom. The fourth-order valence-corrected chi connectivity index (χ4v) is 3.36. The Kier molecular flexibility index (Phi) is 5.31. The molecule has 0 bridgehead atoms. The molecule has 0 spiro atoms. The number of pyridine rings is 3. The molecule has 3 heterocycles. The molecule has 0 unspecified atom stereocenters. The standard InChI is InChI=1S/C18H17N3S2/c1-3-23-14-11-17(15-6-4-5-8-19-15)21-18(12-14)16-10-13(22-2)7-9-20-16/h4-12H,3H2,1-2H3. The number of hydrogen-bond acceptors (Lipinski definition) is 5. The summed E-state index contributed by atoms with van der Waals surface area (Å²) < 4.78 is 0. The van der Waals surface area contributed by atoms with Gasteiger partial charge in [-0.1, -0.05) is 13.0 Å². The average Bonchev–Trinajstić information content (AvgIpc) is 2.62. The molecule has 3 aromatic rings. The molecule has 0 aliphatic carbocycles.